The van der Waals surface area contributed by atoms with Crippen molar-refractivity contribution in [2.45, 2.75) is 16.3 Å². The zero-order chi connectivity index (χ0) is 10.6. The molecular formula is C6H6FNO4S2. The second-order valence-electron chi connectivity index (χ2n) is 2.97. The van der Waals surface area contributed by atoms with Crippen molar-refractivity contribution in [1.29, 1.82) is 0 Å². The van der Waals surface area contributed by atoms with Crippen LogP contribution < -0.4 is 0 Å². The summed E-state index contributed by atoms with van der Waals surface area (Å²) in [5, 5.41) is -0.631. The lowest BCUT2D eigenvalue weighted by Crippen LogP contribution is -1.99. The third-order valence-corrected chi connectivity index (χ3v) is 4.73. The molecule has 2 heterocycles. The molecule has 0 aromatic carbocycles. The van der Waals surface area contributed by atoms with Gasteiger partial charge >= 0.3 is 10.2 Å². The molecular weight excluding hydrogens is 233 g/mol. The number of halogens is 1. The lowest BCUT2D eigenvalue weighted by molar-refractivity contribution is 0.547. The third-order valence-electron chi connectivity index (χ3n) is 2.11. The fraction of sp³-hybridized carbons (Fsp3) is 0.333. The van der Waals surface area contributed by atoms with Gasteiger partial charge in [-0.25, -0.2) is 8.42 Å². The molecule has 0 bridgehead atoms. The minimum Gasteiger partial charge on any atom is -0.349 e. The minimum atomic E-state index is -4.85. The van der Waals surface area contributed by atoms with Gasteiger partial charge in [0, 0.05) is 11.8 Å². The molecule has 8 heteroatoms. The molecule has 1 N–H and O–H groups in total. The van der Waals surface area contributed by atoms with Gasteiger partial charge in [-0.3, -0.25) is 0 Å². The number of fused-ring (bicyclic) bond motifs is 1. The summed E-state index contributed by atoms with van der Waals surface area (Å²) in [6.07, 6.45) is 1.06. The first-order chi connectivity index (χ1) is 6.32. The molecule has 1 aliphatic rings. The fourth-order valence-electron chi connectivity index (χ4n) is 1.50. The van der Waals surface area contributed by atoms with E-state index in [1.807, 2.05) is 0 Å². The molecule has 0 fully saturated rings. The molecule has 1 aromatic heterocycles. The van der Waals surface area contributed by atoms with E-state index in [-0.39, 0.29) is 22.6 Å². The minimum absolute atomic E-state index is 0.0347. The number of aromatic nitrogens is 1. The van der Waals surface area contributed by atoms with Gasteiger partial charge in [0.1, 0.15) is 0 Å². The summed E-state index contributed by atoms with van der Waals surface area (Å²) in [6.45, 7) is 0. The summed E-state index contributed by atoms with van der Waals surface area (Å²) in [5.41, 5.74) is 0.0347. The smallest absolute Gasteiger partial charge is 0.348 e. The SMILES string of the molecule is O=S(=O)(F)c1[nH]cc2c1CCS2(=O)=O. The summed E-state index contributed by atoms with van der Waals surface area (Å²) < 4.78 is 56.3. The lowest BCUT2D eigenvalue weighted by Gasteiger charge is -1.91. The van der Waals surface area contributed by atoms with E-state index < -0.39 is 25.1 Å². The lowest BCUT2D eigenvalue weighted by atomic mass is 10.3. The Morgan fingerprint density at radius 3 is 2.64 bits per heavy atom. The van der Waals surface area contributed by atoms with Gasteiger partial charge < -0.3 is 4.98 Å². The average Bonchev–Trinajstić information content (AvgIpc) is 2.51. The molecule has 1 aliphatic heterocycles. The van der Waals surface area contributed by atoms with Crippen molar-refractivity contribution in [2.24, 2.45) is 0 Å². The molecule has 5 nitrogen and oxygen atoms in total. The van der Waals surface area contributed by atoms with E-state index in [1.165, 1.54) is 0 Å². The Morgan fingerprint density at radius 1 is 1.43 bits per heavy atom. The number of sulfone groups is 1. The van der Waals surface area contributed by atoms with Gasteiger partial charge in [-0.05, 0) is 6.42 Å². The van der Waals surface area contributed by atoms with Crippen LogP contribution in [0.3, 0.4) is 0 Å². The highest BCUT2D eigenvalue weighted by molar-refractivity contribution is 7.92. The highest BCUT2D eigenvalue weighted by Crippen LogP contribution is 2.31. The Morgan fingerprint density at radius 2 is 2.07 bits per heavy atom. The van der Waals surface area contributed by atoms with Crippen LogP contribution in [0.5, 0.6) is 0 Å². The van der Waals surface area contributed by atoms with E-state index in [9.17, 15) is 20.7 Å². The number of hydrogen-bond donors (Lipinski definition) is 1. The molecule has 0 amide bonds. The quantitative estimate of drug-likeness (QED) is 0.699. The highest BCUT2D eigenvalue weighted by atomic mass is 32.3. The second-order valence-corrected chi connectivity index (χ2v) is 6.33. The zero-order valence-corrected chi connectivity index (χ0v) is 8.45. The average molecular weight is 239 g/mol. The van der Waals surface area contributed by atoms with Crippen LogP contribution in [-0.2, 0) is 26.5 Å². The first kappa shape index (κ1) is 9.66. The Hall–Kier alpha value is -0.890. The summed E-state index contributed by atoms with van der Waals surface area (Å²) in [4.78, 5) is 2.03. The van der Waals surface area contributed by atoms with E-state index in [0.29, 0.717) is 0 Å². The van der Waals surface area contributed by atoms with Gasteiger partial charge in [0.15, 0.2) is 14.9 Å². The molecule has 0 saturated carbocycles. The maximum absolute atomic E-state index is 12.6. The van der Waals surface area contributed by atoms with Crippen molar-refractivity contribution >= 4 is 20.1 Å². The zero-order valence-electron chi connectivity index (χ0n) is 6.82. The van der Waals surface area contributed by atoms with Crippen molar-refractivity contribution in [1.82, 2.24) is 4.98 Å². The van der Waals surface area contributed by atoms with Crippen molar-refractivity contribution in [2.75, 3.05) is 5.75 Å². The number of nitrogens with one attached hydrogen (secondary N) is 1. The summed E-state index contributed by atoms with van der Waals surface area (Å²) in [7, 11) is -8.26. The van der Waals surface area contributed by atoms with Gasteiger partial charge in [0.2, 0.25) is 0 Å². The predicted molar refractivity (Wildman–Crippen MR) is 44.8 cm³/mol. The van der Waals surface area contributed by atoms with E-state index in [0.717, 1.165) is 6.20 Å². The number of H-pyrrole nitrogens is 1. The van der Waals surface area contributed by atoms with Crippen molar-refractivity contribution in [3.8, 4) is 0 Å². The molecule has 0 radical (unpaired) electrons. The van der Waals surface area contributed by atoms with Crippen LogP contribution >= 0.6 is 0 Å². The van der Waals surface area contributed by atoms with Crippen LogP contribution in [0, 0.1) is 0 Å². The Kier molecular flexibility index (Phi) is 1.77. The first-order valence-electron chi connectivity index (χ1n) is 3.70. The molecule has 0 saturated heterocycles. The van der Waals surface area contributed by atoms with E-state index in [1.54, 1.807) is 0 Å². The number of rotatable bonds is 1. The maximum Gasteiger partial charge on any atom is 0.348 e. The monoisotopic (exact) mass is 239 g/mol. The van der Waals surface area contributed by atoms with Gasteiger partial charge in [0.05, 0.1) is 10.6 Å². The molecule has 1 aromatic rings. The van der Waals surface area contributed by atoms with Crippen molar-refractivity contribution < 1.29 is 20.7 Å². The topological polar surface area (TPSA) is 84.1 Å². The van der Waals surface area contributed by atoms with Crippen LogP contribution in [0.2, 0.25) is 0 Å². The molecule has 78 valence electrons. The molecule has 0 spiro atoms. The Balaban J connectivity index is 2.75. The van der Waals surface area contributed by atoms with Crippen molar-refractivity contribution in [3.63, 3.8) is 0 Å². The van der Waals surface area contributed by atoms with Crippen LogP contribution in [0.1, 0.15) is 5.56 Å². The summed E-state index contributed by atoms with van der Waals surface area (Å²) >= 11 is 0. The van der Waals surface area contributed by atoms with Crippen LogP contribution in [0.15, 0.2) is 16.1 Å². The van der Waals surface area contributed by atoms with Crippen LogP contribution in [-0.4, -0.2) is 27.6 Å². The Labute approximate surface area is 80.1 Å². The van der Waals surface area contributed by atoms with Crippen LogP contribution in [0.4, 0.5) is 3.89 Å². The van der Waals surface area contributed by atoms with Gasteiger partial charge in [-0.2, -0.15) is 8.42 Å². The largest absolute Gasteiger partial charge is 0.349 e. The fourth-order valence-corrected chi connectivity index (χ4v) is 3.78. The standard InChI is InChI=1S/C6H6FNO4S2/c7-14(11,12)6-4-1-2-13(9,10)5(4)3-8-6/h3,8H,1-2H2. The van der Waals surface area contributed by atoms with E-state index in [4.69, 9.17) is 0 Å². The summed E-state index contributed by atoms with van der Waals surface area (Å²) in [6, 6.07) is 0. The molecule has 2 rings (SSSR count). The third kappa shape index (κ3) is 1.25. The Bertz CT molecular complexity index is 583. The number of aromatic amines is 1. The summed E-state index contributed by atoms with van der Waals surface area (Å²) in [5.74, 6) is -0.158. The normalized spacial score (nSPS) is 19.5. The highest BCUT2D eigenvalue weighted by Gasteiger charge is 2.34. The molecule has 14 heavy (non-hydrogen) atoms. The number of hydrogen-bond acceptors (Lipinski definition) is 4. The first-order valence-corrected chi connectivity index (χ1v) is 6.73. The molecule has 0 unspecified atom stereocenters. The van der Waals surface area contributed by atoms with Crippen molar-refractivity contribution in [3.05, 3.63) is 11.8 Å². The maximum atomic E-state index is 12.6. The van der Waals surface area contributed by atoms with Crippen LogP contribution in [0.25, 0.3) is 0 Å². The van der Waals surface area contributed by atoms with E-state index in [2.05, 4.69) is 4.98 Å². The molecule has 0 atom stereocenters. The second kappa shape index (κ2) is 2.57. The van der Waals surface area contributed by atoms with Gasteiger partial charge in [0.25, 0.3) is 0 Å². The van der Waals surface area contributed by atoms with Gasteiger partial charge in [-0.1, -0.05) is 3.89 Å². The molecule has 0 aliphatic carbocycles. The predicted octanol–water partition coefficient (Wildman–Crippen LogP) is 0.00270. The van der Waals surface area contributed by atoms with E-state index >= 15 is 0 Å². The van der Waals surface area contributed by atoms with Gasteiger partial charge in [-0.15, -0.1) is 0 Å².